The third kappa shape index (κ3) is 2.21. The molecular formula is C10H13NO2. The van der Waals surface area contributed by atoms with E-state index in [2.05, 4.69) is 4.74 Å². The number of benzene rings is 1. The Balaban J connectivity index is 2.83. The zero-order chi connectivity index (χ0) is 9.84. The molecule has 1 amide bonds. The Hall–Kier alpha value is -1.51. The predicted molar refractivity (Wildman–Crippen MR) is 52.0 cm³/mol. The van der Waals surface area contributed by atoms with Gasteiger partial charge in [0.15, 0.2) is 0 Å². The van der Waals surface area contributed by atoms with E-state index in [1.54, 1.807) is 7.05 Å². The molecule has 0 aliphatic carbocycles. The Kier molecular flexibility index (Phi) is 2.90. The van der Waals surface area contributed by atoms with Gasteiger partial charge in [0.1, 0.15) is 0 Å². The van der Waals surface area contributed by atoms with Crippen molar-refractivity contribution in [2.45, 2.75) is 6.92 Å². The van der Waals surface area contributed by atoms with Crippen molar-refractivity contribution < 1.29 is 9.53 Å². The summed E-state index contributed by atoms with van der Waals surface area (Å²) < 4.78 is 4.58. The van der Waals surface area contributed by atoms with Crippen LogP contribution >= 0.6 is 0 Å². The van der Waals surface area contributed by atoms with E-state index in [1.165, 1.54) is 17.6 Å². The standard InChI is InChI=1S/C10H13NO2/c1-8-4-6-9(7-5-8)11(2)10(12)13-3/h4-7H,1-3H3. The van der Waals surface area contributed by atoms with Gasteiger partial charge >= 0.3 is 6.09 Å². The van der Waals surface area contributed by atoms with Crippen molar-refractivity contribution in [3.63, 3.8) is 0 Å². The number of hydrogen-bond acceptors (Lipinski definition) is 2. The van der Waals surface area contributed by atoms with Gasteiger partial charge in [0.05, 0.1) is 7.11 Å². The highest BCUT2D eigenvalue weighted by atomic mass is 16.5. The van der Waals surface area contributed by atoms with Crippen molar-refractivity contribution in [3.8, 4) is 0 Å². The van der Waals surface area contributed by atoms with Crippen LogP contribution in [-0.4, -0.2) is 20.3 Å². The van der Waals surface area contributed by atoms with E-state index in [1.807, 2.05) is 31.2 Å². The third-order valence-corrected chi connectivity index (χ3v) is 1.87. The van der Waals surface area contributed by atoms with Crippen LogP contribution in [0.5, 0.6) is 0 Å². The second kappa shape index (κ2) is 3.94. The van der Waals surface area contributed by atoms with Gasteiger partial charge in [-0.2, -0.15) is 0 Å². The molecule has 0 fully saturated rings. The molecule has 0 saturated heterocycles. The van der Waals surface area contributed by atoms with E-state index < -0.39 is 0 Å². The number of aryl methyl sites for hydroxylation is 1. The molecule has 13 heavy (non-hydrogen) atoms. The molecule has 0 bridgehead atoms. The zero-order valence-electron chi connectivity index (χ0n) is 8.07. The lowest BCUT2D eigenvalue weighted by Gasteiger charge is -2.15. The van der Waals surface area contributed by atoms with Crippen LogP contribution in [0.3, 0.4) is 0 Å². The highest BCUT2D eigenvalue weighted by Gasteiger charge is 2.09. The molecule has 0 aliphatic rings. The molecule has 1 rings (SSSR count). The van der Waals surface area contributed by atoms with E-state index in [-0.39, 0.29) is 6.09 Å². The SMILES string of the molecule is COC(=O)N(C)c1ccc(C)cc1. The minimum absolute atomic E-state index is 0.358. The molecule has 0 heterocycles. The number of methoxy groups -OCH3 is 1. The summed E-state index contributed by atoms with van der Waals surface area (Å²) in [6.07, 6.45) is -0.358. The van der Waals surface area contributed by atoms with Gasteiger partial charge in [0.2, 0.25) is 0 Å². The topological polar surface area (TPSA) is 29.5 Å². The van der Waals surface area contributed by atoms with Gasteiger partial charge in [-0.1, -0.05) is 17.7 Å². The molecule has 70 valence electrons. The van der Waals surface area contributed by atoms with Crippen molar-refractivity contribution in [1.82, 2.24) is 0 Å². The van der Waals surface area contributed by atoms with Crippen LogP contribution in [-0.2, 0) is 4.74 Å². The van der Waals surface area contributed by atoms with Crippen LogP contribution in [0, 0.1) is 6.92 Å². The summed E-state index contributed by atoms with van der Waals surface area (Å²) >= 11 is 0. The molecule has 0 atom stereocenters. The summed E-state index contributed by atoms with van der Waals surface area (Å²) in [6, 6.07) is 7.67. The molecule has 0 radical (unpaired) electrons. The van der Waals surface area contributed by atoms with Gasteiger partial charge < -0.3 is 4.74 Å². The minimum Gasteiger partial charge on any atom is -0.452 e. The molecule has 0 spiro atoms. The zero-order valence-corrected chi connectivity index (χ0v) is 8.07. The first-order valence-corrected chi connectivity index (χ1v) is 4.03. The van der Waals surface area contributed by atoms with Gasteiger partial charge in [-0.3, -0.25) is 4.90 Å². The normalized spacial score (nSPS) is 9.46. The summed E-state index contributed by atoms with van der Waals surface area (Å²) in [7, 11) is 3.05. The Morgan fingerprint density at radius 1 is 1.31 bits per heavy atom. The second-order valence-electron chi connectivity index (χ2n) is 2.86. The average molecular weight is 179 g/mol. The number of anilines is 1. The van der Waals surface area contributed by atoms with Gasteiger partial charge in [-0.25, -0.2) is 4.79 Å². The van der Waals surface area contributed by atoms with Gasteiger partial charge in [-0.15, -0.1) is 0 Å². The largest absolute Gasteiger partial charge is 0.452 e. The lowest BCUT2D eigenvalue weighted by Crippen LogP contribution is -2.25. The quantitative estimate of drug-likeness (QED) is 0.661. The summed E-state index contributed by atoms with van der Waals surface area (Å²) in [6.45, 7) is 2.00. The first kappa shape index (κ1) is 9.58. The molecule has 0 unspecified atom stereocenters. The number of carbonyl (C=O) groups excluding carboxylic acids is 1. The average Bonchev–Trinajstić information content (AvgIpc) is 2.17. The fraction of sp³-hybridized carbons (Fsp3) is 0.300. The molecule has 0 aromatic heterocycles. The van der Waals surface area contributed by atoms with Gasteiger partial charge in [-0.05, 0) is 19.1 Å². The van der Waals surface area contributed by atoms with E-state index in [4.69, 9.17) is 0 Å². The number of ether oxygens (including phenoxy) is 1. The Morgan fingerprint density at radius 3 is 2.31 bits per heavy atom. The van der Waals surface area contributed by atoms with E-state index in [0.29, 0.717) is 0 Å². The number of rotatable bonds is 1. The summed E-state index contributed by atoms with van der Waals surface area (Å²) in [5.41, 5.74) is 2.00. The van der Waals surface area contributed by atoms with Gasteiger partial charge in [0, 0.05) is 12.7 Å². The first-order chi connectivity index (χ1) is 6.15. The minimum atomic E-state index is -0.358. The maximum atomic E-state index is 11.1. The Bertz CT molecular complexity index is 292. The van der Waals surface area contributed by atoms with Crippen LogP contribution in [0.1, 0.15) is 5.56 Å². The van der Waals surface area contributed by atoms with Crippen LogP contribution in [0.15, 0.2) is 24.3 Å². The molecule has 0 N–H and O–H groups in total. The van der Waals surface area contributed by atoms with E-state index in [0.717, 1.165) is 5.69 Å². The van der Waals surface area contributed by atoms with Crippen LogP contribution in [0.4, 0.5) is 10.5 Å². The fourth-order valence-electron chi connectivity index (χ4n) is 1.01. The van der Waals surface area contributed by atoms with E-state index in [9.17, 15) is 4.79 Å². The highest BCUT2D eigenvalue weighted by Crippen LogP contribution is 2.13. The molecule has 3 heteroatoms. The molecule has 0 saturated carbocycles. The lowest BCUT2D eigenvalue weighted by molar-refractivity contribution is 0.180. The summed E-state index contributed by atoms with van der Waals surface area (Å²) in [5.74, 6) is 0. The molecule has 1 aromatic carbocycles. The van der Waals surface area contributed by atoms with Crippen molar-refractivity contribution in [2.24, 2.45) is 0 Å². The van der Waals surface area contributed by atoms with Crippen molar-refractivity contribution in [2.75, 3.05) is 19.1 Å². The number of amides is 1. The number of carbonyl (C=O) groups is 1. The molecule has 1 aromatic rings. The smallest absolute Gasteiger partial charge is 0.413 e. The lowest BCUT2D eigenvalue weighted by atomic mass is 10.2. The Labute approximate surface area is 77.9 Å². The first-order valence-electron chi connectivity index (χ1n) is 4.03. The Morgan fingerprint density at radius 2 is 1.85 bits per heavy atom. The van der Waals surface area contributed by atoms with Crippen LogP contribution in [0.2, 0.25) is 0 Å². The number of nitrogens with zero attached hydrogens (tertiary/aromatic N) is 1. The fourth-order valence-corrected chi connectivity index (χ4v) is 1.01. The highest BCUT2D eigenvalue weighted by molar-refractivity contribution is 5.86. The molecule has 0 aliphatic heterocycles. The van der Waals surface area contributed by atoms with Crippen LogP contribution in [0.25, 0.3) is 0 Å². The molecular weight excluding hydrogens is 166 g/mol. The van der Waals surface area contributed by atoms with Crippen molar-refractivity contribution in [3.05, 3.63) is 29.8 Å². The van der Waals surface area contributed by atoms with Crippen LogP contribution < -0.4 is 4.90 Å². The van der Waals surface area contributed by atoms with Crippen molar-refractivity contribution >= 4 is 11.8 Å². The summed E-state index contributed by atoms with van der Waals surface area (Å²) in [5, 5.41) is 0. The second-order valence-corrected chi connectivity index (χ2v) is 2.86. The molecule has 3 nitrogen and oxygen atoms in total. The maximum absolute atomic E-state index is 11.1. The predicted octanol–water partition coefficient (Wildman–Crippen LogP) is 2.20. The number of hydrogen-bond donors (Lipinski definition) is 0. The van der Waals surface area contributed by atoms with E-state index >= 15 is 0 Å². The monoisotopic (exact) mass is 179 g/mol. The van der Waals surface area contributed by atoms with Crippen molar-refractivity contribution in [1.29, 1.82) is 0 Å². The van der Waals surface area contributed by atoms with Gasteiger partial charge in [0.25, 0.3) is 0 Å². The summed E-state index contributed by atoms with van der Waals surface area (Å²) in [4.78, 5) is 12.6. The maximum Gasteiger partial charge on any atom is 0.413 e. The third-order valence-electron chi connectivity index (χ3n) is 1.87.